The van der Waals surface area contributed by atoms with Crippen LogP contribution in [0.15, 0.2) is 36.4 Å². The van der Waals surface area contributed by atoms with Crippen molar-refractivity contribution in [2.75, 3.05) is 19.8 Å². The summed E-state index contributed by atoms with van der Waals surface area (Å²) in [4.78, 5) is 0. The average molecular weight is 415 g/mol. The van der Waals surface area contributed by atoms with Gasteiger partial charge in [0.2, 0.25) is 0 Å². The van der Waals surface area contributed by atoms with Gasteiger partial charge in [-0.15, -0.1) is 25.4 Å². The van der Waals surface area contributed by atoms with Gasteiger partial charge in [0.15, 0.2) is 0 Å². The van der Waals surface area contributed by atoms with Gasteiger partial charge in [0.05, 0.1) is 0 Å². The van der Waals surface area contributed by atoms with E-state index in [9.17, 15) is 20.4 Å². The zero-order chi connectivity index (χ0) is 15.7. The predicted molar refractivity (Wildman–Crippen MR) is 74.1 cm³/mol. The van der Waals surface area contributed by atoms with Crippen molar-refractivity contribution in [3.8, 4) is 0 Å². The number of benzene rings is 1. The number of ether oxygens (including phenoxy) is 1. The molecule has 1 saturated heterocycles. The summed E-state index contributed by atoms with van der Waals surface area (Å²) in [5, 5.41) is 46.0. The van der Waals surface area contributed by atoms with Gasteiger partial charge >= 0.3 is 23.9 Å². The minimum Gasteiger partial charge on any atom is -0.854 e. The molecule has 1 aromatic rings. The smallest absolute Gasteiger partial charge is 0.854 e. The zero-order valence-corrected chi connectivity index (χ0v) is 14.9. The molecular formula is C14H20N2O5Sn. The van der Waals surface area contributed by atoms with Crippen LogP contribution in [0.5, 0.6) is 0 Å². The van der Waals surface area contributed by atoms with Crippen LogP contribution in [0.4, 0.5) is 0 Å². The predicted octanol–water partition coefficient (Wildman–Crippen LogP) is -4.89. The molecule has 0 bridgehead atoms. The summed E-state index contributed by atoms with van der Waals surface area (Å²) in [6.07, 6.45) is -5.26. The van der Waals surface area contributed by atoms with Crippen molar-refractivity contribution >= 4 is 23.9 Å². The first-order chi connectivity index (χ1) is 10.1. The SMILES string of the molecule is NC1C(NCC[O-])OC(C[O-])C([O-])C1[O-].[Sn+4].c1ccccc1. The normalized spacial score (nSPS) is 30.7. The molecule has 0 radical (unpaired) electrons. The van der Waals surface area contributed by atoms with Gasteiger partial charge in [-0.05, 0) is 6.54 Å². The topological polar surface area (TPSA) is 140 Å². The molecule has 0 aliphatic carbocycles. The maximum Gasteiger partial charge on any atom is 4.00 e. The monoisotopic (exact) mass is 416 g/mol. The molecule has 0 spiro atoms. The van der Waals surface area contributed by atoms with E-state index in [-0.39, 0.29) is 37.1 Å². The number of hydrogen-bond donors (Lipinski definition) is 2. The second-order valence-electron chi connectivity index (χ2n) is 4.58. The summed E-state index contributed by atoms with van der Waals surface area (Å²) < 4.78 is 5.03. The van der Waals surface area contributed by atoms with Gasteiger partial charge in [-0.2, -0.15) is 0 Å². The molecular weight excluding hydrogens is 395 g/mol. The molecule has 0 aromatic heterocycles. The van der Waals surface area contributed by atoms with Gasteiger partial charge in [-0.25, -0.2) is 0 Å². The van der Waals surface area contributed by atoms with Gasteiger partial charge in [0.1, 0.15) is 6.23 Å². The van der Waals surface area contributed by atoms with Crippen LogP contribution in [0.2, 0.25) is 0 Å². The second kappa shape index (κ2) is 12.2. The largest absolute Gasteiger partial charge is 4.00 e. The van der Waals surface area contributed by atoms with Crippen molar-refractivity contribution < 1.29 is 25.2 Å². The first kappa shape index (κ1) is 21.7. The number of hydrogen-bond acceptors (Lipinski definition) is 7. The van der Waals surface area contributed by atoms with E-state index < -0.39 is 37.2 Å². The van der Waals surface area contributed by atoms with Crippen LogP contribution in [0, 0.1) is 0 Å². The molecule has 0 amide bonds. The van der Waals surface area contributed by atoms with Crippen LogP contribution in [-0.4, -0.2) is 74.2 Å². The van der Waals surface area contributed by atoms with Crippen molar-refractivity contribution in [1.29, 1.82) is 0 Å². The molecule has 1 aliphatic rings. The van der Waals surface area contributed by atoms with Crippen LogP contribution in [0.3, 0.4) is 0 Å². The van der Waals surface area contributed by atoms with Crippen molar-refractivity contribution in [3.63, 3.8) is 0 Å². The molecule has 1 fully saturated rings. The fraction of sp³-hybridized carbons (Fsp3) is 0.571. The van der Waals surface area contributed by atoms with Gasteiger partial charge in [0.25, 0.3) is 0 Å². The number of nitrogens with two attached hydrogens (primary N) is 1. The van der Waals surface area contributed by atoms with Crippen molar-refractivity contribution in [2.24, 2.45) is 5.73 Å². The van der Waals surface area contributed by atoms with Gasteiger partial charge in [-0.3, -0.25) is 5.32 Å². The van der Waals surface area contributed by atoms with E-state index in [1.807, 2.05) is 36.4 Å². The Morgan fingerprint density at radius 3 is 1.86 bits per heavy atom. The molecule has 0 saturated carbocycles. The van der Waals surface area contributed by atoms with Crippen LogP contribution in [-0.2, 0) is 4.74 Å². The van der Waals surface area contributed by atoms with E-state index in [2.05, 4.69) is 5.32 Å². The van der Waals surface area contributed by atoms with Crippen LogP contribution in [0.1, 0.15) is 0 Å². The summed E-state index contributed by atoms with van der Waals surface area (Å²) in [6, 6.07) is 11.0. The van der Waals surface area contributed by atoms with E-state index in [0.717, 1.165) is 0 Å². The van der Waals surface area contributed by atoms with E-state index >= 15 is 0 Å². The minimum absolute atomic E-state index is 0. The third-order valence-corrected chi connectivity index (χ3v) is 3.02. The summed E-state index contributed by atoms with van der Waals surface area (Å²) in [5.74, 6) is 0. The molecule has 1 aromatic carbocycles. The Bertz CT molecular complexity index is 345. The standard InChI is InChI=1S/C8H14N2O5.C6H6.Sn/c9-5-7(14)6(13)4(3-12)15-8(5)10-1-2-11;1-2-4-6-5-3-1;/h4-8,10H,1-3,9H2;1-6H;/q-4;;+4. The van der Waals surface area contributed by atoms with Crippen LogP contribution >= 0.6 is 0 Å². The third-order valence-electron chi connectivity index (χ3n) is 3.02. The van der Waals surface area contributed by atoms with E-state index in [1.165, 1.54) is 0 Å². The molecule has 120 valence electrons. The van der Waals surface area contributed by atoms with E-state index in [0.29, 0.717) is 0 Å². The average Bonchev–Trinajstić information content (AvgIpc) is 2.54. The quantitative estimate of drug-likeness (QED) is 0.470. The number of rotatable bonds is 4. The number of nitrogens with one attached hydrogen (secondary N) is 1. The van der Waals surface area contributed by atoms with E-state index in [1.54, 1.807) is 0 Å². The summed E-state index contributed by atoms with van der Waals surface area (Å²) >= 11 is 0. The fourth-order valence-corrected chi connectivity index (χ4v) is 1.86. The Morgan fingerprint density at radius 2 is 1.45 bits per heavy atom. The molecule has 8 heteroatoms. The fourth-order valence-electron chi connectivity index (χ4n) is 1.86. The summed E-state index contributed by atoms with van der Waals surface area (Å²) in [5.41, 5.74) is 5.47. The Balaban J connectivity index is 0.000000529. The minimum atomic E-state index is -1.64. The molecule has 1 aliphatic heterocycles. The molecule has 1 heterocycles. The molecule has 7 nitrogen and oxygen atoms in total. The molecule has 5 atom stereocenters. The second-order valence-corrected chi connectivity index (χ2v) is 4.58. The molecule has 5 unspecified atom stereocenters. The van der Waals surface area contributed by atoms with Crippen LogP contribution < -0.4 is 31.5 Å². The Morgan fingerprint density at radius 1 is 0.955 bits per heavy atom. The maximum atomic E-state index is 11.4. The molecule has 22 heavy (non-hydrogen) atoms. The van der Waals surface area contributed by atoms with Gasteiger partial charge < -0.3 is 30.9 Å². The molecule has 2 rings (SSSR count). The Labute approximate surface area is 147 Å². The maximum absolute atomic E-state index is 11.4. The summed E-state index contributed by atoms with van der Waals surface area (Å²) in [7, 11) is 0. The van der Waals surface area contributed by atoms with Crippen molar-refractivity contribution in [3.05, 3.63) is 36.4 Å². The van der Waals surface area contributed by atoms with Gasteiger partial charge in [0, 0.05) is 12.1 Å². The zero-order valence-electron chi connectivity index (χ0n) is 12.1. The first-order valence-electron chi connectivity index (χ1n) is 6.74. The van der Waals surface area contributed by atoms with Crippen molar-refractivity contribution in [1.82, 2.24) is 5.32 Å². The third kappa shape index (κ3) is 6.88. The van der Waals surface area contributed by atoms with Crippen LogP contribution in [0.25, 0.3) is 0 Å². The Kier molecular flexibility index (Phi) is 12.1. The Hall–Kier alpha value is -0.261. The van der Waals surface area contributed by atoms with Gasteiger partial charge in [-0.1, -0.05) is 36.4 Å². The summed E-state index contributed by atoms with van der Waals surface area (Å²) in [6.45, 7) is -1.08. The first-order valence-corrected chi connectivity index (χ1v) is 6.74. The van der Waals surface area contributed by atoms with Crippen molar-refractivity contribution in [2.45, 2.75) is 30.6 Å². The molecule has 3 N–H and O–H groups in total. The van der Waals surface area contributed by atoms with E-state index in [4.69, 9.17) is 10.5 Å².